The predicted molar refractivity (Wildman–Crippen MR) is 103 cm³/mol. The molecule has 0 unspecified atom stereocenters. The fraction of sp³-hybridized carbons (Fsp3) is 0.364. The molecule has 0 atom stereocenters. The monoisotopic (exact) mass is 366 g/mol. The number of benzene rings is 2. The Bertz CT molecular complexity index is 876. The minimum Gasteiger partial charge on any atom is -0.326 e. The maximum absolute atomic E-state index is 13.2. The van der Waals surface area contributed by atoms with E-state index < -0.39 is 0 Å². The topological polar surface area (TPSA) is 49.4 Å². The lowest BCUT2D eigenvalue weighted by atomic mass is 10.0. The Balaban J connectivity index is 1.42. The highest BCUT2D eigenvalue weighted by atomic mass is 19.1. The molecule has 140 valence electrons. The zero-order valence-corrected chi connectivity index (χ0v) is 15.2. The lowest BCUT2D eigenvalue weighted by Crippen LogP contribution is -2.36. The van der Waals surface area contributed by atoms with Crippen molar-refractivity contribution in [3.8, 4) is 0 Å². The number of amides is 2. The van der Waals surface area contributed by atoms with Crippen LogP contribution in [-0.4, -0.2) is 18.4 Å². The molecule has 1 N–H and O–H groups in total. The van der Waals surface area contributed by atoms with Gasteiger partial charge in [-0.2, -0.15) is 0 Å². The van der Waals surface area contributed by atoms with Gasteiger partial charge in [0.2, 0.25) is 11.8 Å². The van der Waals surface area contributed by atoms with Crippen LogP contribution in [0.15, 0.2) is 42.5 Å². The van der Waals surface area contributed by atoms with Crippen molar-refractivity contribution in [1.29, 1.82) is 0 Å². The normalized spacial score (nSPS) is 16.0. The molecule has 2 amide bonds. The molecular weight excluding hydrogens is 343 g/mol. The summed E-state index contributed by atoms with van der Waals surface area (Å²) in [5.74, 6) is -0.0101. The summed E-state index contributed by atoms with van der Waals surface area (Å²) in [5.41, 5.74) is 3.60. The highest BCUT2D eigenvalue weighted by Gasteiger charge is 2.35. The van der Waals surface area contributed by atoms with Crippen LogP contribution in [0.4, 0.5) is 15.8 Å². The fourth-order valence-electron chi connectivity index (χ4n) is 3.61. The number of fused-ring (bicyclic) bond motifs is 1. The Kier molecular flexibility index (Phi) is 4.92. The summed E-state index contributed by atoms with van der Waals surface area (Å²) in [6, 6.07) is 12.1. The summed E-state index contributed by atoms with van der Waals surface area (Å²) in [7, 11) is 0. The van der Waals surface area contributed by atoms with E-state index in [2.05, 4.69) is 5.32 Å². The molecule has 0 bridgehead atoms. The minimum absolute atomic E-state index is 0.116. The first kappa shape index (κ1) is 17.7. The molecule has 1 aliphatic carbocycles. The predicted octanol–water partition coefficient (Wildman–Crippen LogP) is 4.09. The van der Waals surface area contributed by atoms with E-state index in [1.165, 1.54) is 12.1 Å². The quantitative estimate of drug-likeness (QED) is 0.867. The van der Waals surface area contributed by atoms with Gasteiger partial charge in [0.25, 0.3) is 0 Å². The molecule has 0 saturated heterocycles. The Hall–Kier alpha value is -2.69. The fourth-order valence-corrected chi connectivity index (χ4v) is 3.61. The first-order valence-corrected chi connectivity index (χ1v) is 9.59. The molecular formula is C22H23FN2O2. The van der Waals surface area contributed by atoms with Gasteiger partial charge < -0.3 is 10.2 Å². The lowest BCUT2D eigenvalue weighted by molar-refractivity contribution is -0.120. The van der Waals surface area contributed by atoms with Gasteiger partial charge >= 0.3 is 0 Å². The van der Waals surface area contributed by atoms with Gasteiger partial charge in [-0.3, -0.25) is 9.59 Å². The number of carbonyl (C=O) groups excluding carboxylic acids is 2. The van der Waals surface area contributed by atoms with E-state index in [1.807, 2.05) is 29.2 Å². The molecule has 2 aliphatic rings. The maximum atomic E-state index is 13.2. The zero-order chi connectivity index (χ0) is 18.8. The Morgan fingerprint density at radius 2 is 2.00 bits per heavy atom. The molecule has 1 saturated carbocycles. The molecule has 0 spiro atoms. The summed E-state index contributed by atoms with van der Waals surface area (Å²) in [6.07, 6.45) is 4.68. The molecule has 1 aliphatic heterocycles. The molecule has 4 nitrogen and oxygen atoms in total. The number of anilines is 2. The van der Waals surface area contributed by atoms with Gasteiger partial charge in [-0.1, -0.05) is 18.2 Å². The first-order chi connectivity index (χ1) is 13.1. The van der Waals surface area contributed by atoms with Crippen molar-refractivity contribution in [3.63, 3.8) is 0 Å². The van der Waals surface area contributed by atoms with Crippen molar-refractivity contribution < 1.29 is 14.0 Å². The van der Waals surface area contributed by atoms with Crippen LogP contribution in [-0.2, 0) is 22.4 Å². The van der Waals surface area contributed by atoms with Gasteiger partial charge in [-0.15, -0.1) is 0 Å². The number of nitrogens with one attached hydrogen (secondary N) is 1. The molecule has 4 rings (SSSR count). The van der Waals surface area contributed by atoms with Crippen LogP contribution < -0.4 is 10.2 Å². The summed E-state index contributed by atoms with van der Waals surface area (Å²) in [6.45, 7) is 0.749. The van der Waals surface area contributed by atoms with E-state index in [9.17, 15) is 14.0 Å². The van der Waals surface area contributed by atoms with Gasteiger partial charge in [0, 0.05) is 30.3 Å². The Morgan fingerprint density at radius 1 is 1.15 bits per heavy atom. The van der Waals surface area contributed by atoms with Gasteiger partial charge in [-0.05, 0) is 67.5 Å². The molecule has 5 heteroatoms. The van der Waals surface area contributed by atoms with Crippen LogP contribution in [0.25, 0.3) is 0 Å². The van der Waals surface area contributed by atoms with E-state index in [1.54, 1.807) is 6.07 Å². The largest absolute Gasteiger partial charge is 0.326 e. The number of rotatable bonds is 5. The van der Waals surface area contributed by atoms with Crippen LogP contribution in [0.2, 0.25) is 0 Å². The summed E-state index contributed by atoms with van der Waals surface area (Å²) >= 11 is 0. The summed E-state index contributed by atoms with van der Waals surface area (Å²) in [5, 5.41) is 2.91. The van der Waals surface area contributed by atoms with Crippen molar-refractivity contribution in [2.24, 2.45) is 5.92 Å². The number of carbonyl (C=O) groups is 2. The summed E-state index contributed by atoms with van der Waals surface area (Å²) in [4.78, 5) is 26.7. The summed E-state index contributed by atoms with van der Waals surface area (Å²) < 4.78 is 13.2. The second-order valence-corrected chi connectivity index (χ2v) is 7.39. The molecule has 2 aromatic rings. The average molecular weight is 366 g/mol. The Labute approximate surface area is 158 Å². The van der Waals surface area contributed by atoms with Crippen molar-refractivity contribution in [3.05, 3.63) is 59.4 Å². The number of hydrogen-bond donors (Lipinski definition) is 1. The van der Waals surface area contributed by atoms with Crippen LogP contribution in [0.5, 0.6) is 0 Å². The van der Waals surface area contributed by atoms with Crippen molar-refractivity contribution >= 4 is 23.2 Å². The number of nitrogens with zero attached hydrogens (tertiary/aromatic N) is 1. The third-order valence-electron chi connectivity index (χ3n) is 5.21. The van der Waals surface area contributed by atoms with E-state index in [-0.39, 0.29) is 30.0 Å². The number of halogens is 1. The van der Waals surface area contributed by atoms with Crippen LogP contribution in [0, 0.1) is 11.7 Å². The van der Waals surface area contributed by atoms with E-state index in [0.29, 0.717) is 12.1 Å². The second-order valence-electron chi connectivity index (χ2n) is 7.39. The molecule has 1 heterocycles. The van der Waals surface area contributed by atoms with Gasteiger partial charge in [0.1, 0.15) is 5.82 Å². The first-order valence-electron chi connectivity index (χ1n) is 9.59. The lowest BCUT2D eigenvalue weighted by Gasteiger charge is -2.30. The van der Waals surface area contributed by atoms with E-state index in [0.717, 1.165) is 49.0 Å². The molecule has 27 heavy (non-hydrogen) atoms. The van der Waals surface area contributed by atoms with Crippen LogP contribution >= 0.6 is 0 Å². The third-order valence-corrected chi connectivity index (χ3v) is 5.21. The van der Waals surface area contributed by atoms with Gasteiger partial charge in [-0.25, -0.2) is 4.39 Å². The van der Waals surface area contributed by atoms with Crippen LogP contribution in [0.1, 0.15) is 36.8 Å². The van der Waals surface area contributed by atoms with E-state index in [4.69, 9.17) is 0 Å². The molecule has 0 radical (unpaired) electrons. The zero-order valence-electron chi connectivity index (χ0n) is 15.2. The molecule has 1 fully saturated rings. The smallest absolute Gasteiger partial charge is 0.230 e. The Morgan fingerprint density at radius 3 is 2.78 bits per heavy atom. The van der Waals surface area contributed by atoms with Gasteiger partial charge in [0.05, 0.1) is 0 Å². The van der Waals surface area contributed by atoms with E-state index >= 15 is 0 Å². The SMILES string of the molecule is O=C(CCc1cccc(F)c1)Nc1ccc2c(c1)N(C(=O)C1CC1)CCC2. The van der Waals surface area contributed by atoms with Crippen LogP contribution in [0.3, 0.4) is 0 Å². The molecule has 0 aromatic heterocycles. The molecule has 2 aromatic carbocycles. The van der Waals surface area contributed by atoms with Gasteiger partial charge in [0.15, 0.2) is 0 Å². The number of hydrogen-bond acceptors (Lipinski definition) is 2. The third kappa shape index (κ3) is 4.18. The standard InChI is InChI=1S/C22H23FN2O2/c23-18-5-1-3-15(13-18)6-11-21(26)24-19-10-9-16-4-2-12-25(20(16)14-19)22(27)17-7-8-17/h1,3,5,9-10,13-14,17H,2,4,6-8,11-12H2,(H,24,26). The van der Waals surface area contributed by atoms with Crippen molar-refractivity contribution in [1.82, 2.24) is 0 Å². The average Bonchev–Trinajstić information content (AvgIpc) is 3.51. The van der Waals surface area contributed by atoms with Crippen molar-refractivity contribution in [2.45, 2.75) is 38.5 Å². The minimum atomic E-state index is -0.289. The highest BCUT2D eigenvalue weighted by molar-refractivity contribution is 5.99. The second kappa shape index (κ2) is 7.51. The highest BCUT2D eigenvalue weighted by Crippen LogP contribution is 2.36. The number of aryl methyl sites for hydroxylation is 2. The van der Waals surface area contributed by atoms with Crippen molar-refractivity contribution in [2.75, 3.05) is 16.8 Å². The maximum Gasteiger partial charge on any atom is 0.230 e.